The second-order valence-electron chi connectivity index (χ2n) is 4.82. The molecule has 0 aromatic heterocycles. The Balaban J connectivity index is 2.02. The molecule has 1 fully saturated rings. The van der Waals surface area contributed by atoms with Crippen LogP contribution in [0.5, 0.6) is 5.75 Å². The molecule has 0 heterocycles. The lowest BCUT2D eigenvalue weighted by atomic mass is 10.1. The molecule has 2 nitrogen and oxygen atoms in total. The summed E-state index contributed by atoms with van der Waals surface area (Å²) >= 11 is 5.24. The quantitative estimate of drug-likeness (QED) is 0.805. The highest BCUT2D eigenvalue weighted by molar-refractivity contribution is 9.10. The summed E-state index contributed by atoms with van der Waals surface area (Å²) in [6, 6.07) is 5.56. The Morgan fingerprint density at radius 2 is 2.25 bits per heavy atom. The van der Waals surface area contributed by atoms with Gasteiger partial charge < -0.3 is 10.1 Å². The molecule has 0 aliphatic heterocycles. The Hall–Kier alpha value is -0.330. The van der Waals surface area contributed by atoms with E-state index in [1.807, 2.05) is 17.8 Å². The molecule has 0 amide bonds. The van der Waals surface area contributed by atoms with E-state index < -0.39 is 6.61 Å². The zero-order valence-electron chi connectivity index (χ0n) is 11.2. The second kappa shape index (κ2) is 7.61. The molecule has 1 aliphatic carbocycles. The molecule has 0 spiro atoms. The maximum Gasteiger partial charge on any atom is 0.387 e. The molecule has 1 saturated carbocycles. The van der Waals surface area contributed by atoms with Crippen LogP contribution in [0.1, 0.15) is 24.8 Å². The van der Waals surface area contributed by atoms with Crippen molar-refractivity contribution >= 4 is 27.7 Å². The first-order valence-corrected chi connectivity index (χ1v) is 8.67. The van der Waals surface area contributed by atoms with Crippen LogP contribution in [0.3, 0.4) is 0 Å². The third-order valence-corrected chi connectivity index (χ3v) is 5.21. The van der Waals surface area contributed by atoms with Crippen LogP contribution >= 0.6 is 27.7 Å². The normalized spacial score (nSPS) is 22.4. The number of alkyl halides is 2. The molecule has 1 aromatic carbocycles. The fourth-order valence-corrected chi connectivity index (χ4v) is 3.95. The first-order chi connectivity index (χ1) is 9.60. The van der Waals surface area contributed by atoms with Crippen molar-refractivity contribution in [3.05, 3.63) is 28.2 Å². The van der Waals surface area contributed by atoms with Gasteiger partial charge in [-0.1, -0.05) is 22.4 Å². The van der Waals surface area contributed by atoms with Gasteiger partial charge in [0.15, 0.2) is 0 Å². The maximum absolute atomic E-state index is 12.4. The molecule has 2 unspecified atom stereocenters. The summed E-state index contributed by atoms with van der Waals surface area (Å²) in [5, 5.41) is 4.09. The van der Waals surface area contributed by atoms with Gasteiger partial charge in [0.1, 0.15) is 5.75 Å². The number of halogens is 3. The van der Waals surface area contributed by atoms with E-state index in [9.17, 15) is 8.78 Å². The van der Waals surface area contributed by atoms with Gasteiger partial charge in [0.25, 0.3) is 0 Å². The smallest absolute Gasteiger partial charge is 0.387 e. The lowest BCUT2D eigenvalue weighted by molar-refractivity contribution is -0.0505. The van der Waals surface area contributed by atoms with Crippen molar-refractivity contribution < 1.29 is 13.5 Å². The van der Waals surface area contributed by atoms with E-state index in [1.165, 1.54) is 12.8 Å². The molecular formula is C14H18BrF2NOS. The van der Waals surface area contributed by atoms with E-state index in [1.54, 1.807) is 12.1 Å². The van der Waals surface area contributed by atoms with Gasteiger partial charge in [-0.25, -0.2) is 0 Å². The Morgan fingerprint density at radius 3 is 2.95 bits per heavy atom. The minimum atomic E-state index is -2.79. The summed E-state index contributed by atoms with van der Waals surface area (Å²) in [4.78, 5) is 0. The lowest BCUT2D eigenvalue weighted by Gasteiger charge is -2.20. The number of nitrogens with one attached hydrogen (secondary N) is 1. The van der Waals surface area contributed by atoms with E-state index >= 15 is 0 Å². The Bertz CT molecular complexity index is 447. The molecule has 1 aliphatic rings. The molecule has 1 N–H and O–H groups in total. The molecule has 0 bridgehead atoms. The summed E-state index contributed by atoms with van der Waals surface area (Å²) in [5.74, 6) is 0.245. The van der Waals surface area contributed by atoms with Gasteiger partial charge >= 0.3 is 6.61 Å². The van der Waals surface area contributed by atoms with Crippen LogP contribution in [0.15, 0.2) is 22.7 Å². The predicted molar refractivity (Wildman–Crippen MR) is 82.6 cm³/mol. The highest BCUT2D eigenvalue weighted by Gasteiger charge is 2.26. The topological polar surface area (TPSA) is 21.3 Å². The molecule has 2 atom stereocenters. The zero-order chi connectivity index (χ0) is 14.5. The van der Waals surface area contributed by atoms with Gasteiger partial charge in [-0.05, 0) is 37.3 Å². The average molecular weight is 366 g/mol. The van der Waals surface area contributed by atoms with Crippen LogP contribution in [0, 0.1) is 0 Å². The average Bonchev–Trinajstić information content (AvgIpc) is 2.86. The minimum absolute atomic E-state index is 0.245. The Labute approximate surface area is 130 Å². The third kappa shape index (κ3) is 4.33. The monoisotopic (exact) mass is 365 g/mol. The molecular weight excluding hydrogens is 348 g/mol. The number of hydrogen-bond acceptors (Lipinski definition) is 3. The van der Waals surface area contributed by atoms with Crippen molar-refractivity contribution in [1.82, 2.24) is 5.32 Å². The number of hydrogen-bond donors (Lipinski definition) is 1. The third-order valence-electron chi connectivity index (χ3n) is 3.55. The van der Waals surface area contributed by atoms with Gasteiger partial charge in [0.05, 0.1) is 0 Å². The van der Waals surface area contributed by atoms with Crippen LogP contribution in [-0.4, -0.2) is 24.2 Å². The van der Waals surface area contributed by atoms with Crippen LogP contribution in [0.2, 0.25) is 0 Å². The first-order valence-electron chi connectivity index (χ1n) is 6.59. The Morgan fingerprint density at radius 1 is 1.45 bits per heavy atom. The summed E-state index contributed by atoms with van der Waals surface area (Å²) < 4.78 is 30.2. The number of rotatable bonds is 6. The van der Waals surface area contributed by atoms with Gasteiger partial charge in [-0.3, -0.25) is 0 Å². The highest BCUT2D eigenvalue weighted by atomic mass is 79.9. The molecule has 112 valence electrons. The van der Waals surface area contributed by atoms with Crippen molar-refractivity contribution in [2.75, 3.05) is 6.26 Å². The SMILES string of the molecule is CSC1CCCC1NCc1cc(Br)ccc1OC(F)F. The van der Waals surface area contributed by atoms with Crippen molar-refractivity contribution in [3.63, 3.8) is 0 Å². The van der Waals surface area contributed by atoms with Crippen LogP contribution in [0.25, 0.3) is 0 Å². The standard InChI is InChI=1S/C14H18BrF2NOS/c1-20-13-4-2-3-11(13)18-8-9-7-10(15)5-6-12(9)19-14(16)17/h5-7,11,13-14,18H,2-4,8H2,1H3. The van der Waals surface area contributed by atoms with Crippen LogP contribution in [-0.2, 0) is 6.54 Å². The lowest BCUT2D eigenvalue weighted by Crippen LogP contribution is -2.33. The van der Waals surface area contributed by atoms with Crippen molar-refractivity contribution in [2.24, 2.45) is 0 Å². The molecule has 20 heavy (non-hydrogen) atoms. The van der Waals surface area contributed by atoms with E-state index in [2.05, 4.69) is 32.2 Å². The largest absolute Gasteiger partial charge is 0.434 e. The fourth-order valence-electron chi connectivity index (χ4n) is 2.58. The van der Waals surface area contributed by atoms with Gasteiger partial charge in [0, 0.05) is 27.9 Å². The maximum atomic E-state index is 12.4. The van der Waals surface area contributed by atoms with E-state index in [4.69, 9.17) is 0 Å². The minimum Gasteiger partial charge on any atom is -0.434 e. The van der Waals surface area contributed by atoms with E-state index in [0.29, 0.717) is 17.8 Å². The van der Waals surface area contributed by atoms with Crippen LogP contribution < -0.4 is 10.1 Å². The van der Waals surface area contributed by atoms with E-state index in [-0.39, 0.29) is 5.75 Å². The number of benzene rings is 1. The molecule has 1 aromatic rings. The number of ether oxygens (including phenoxy) is 1. The summed E-state index contributed by atoms with van der Waals surface area (Å²) in [7, 11) is 0. The molecule has 0 saturated heterocycles. The first kappa shape index (κ1) is 16.0. The van der Waals surface area contributed by atoms with Crippen LogP contribution in [0.4, 0.5) is 8.78 Å². The molecule has 6 heteroatoms. The Kier molecular flexibility index (Phi) is 6.11. The van der Waals surface area contributed by atoms with Gasteiger partial charge in [-0.15, -0.1) is 0 Å². The van der Waals surface area contributed by atoms with Crippen molar-refractivity contribution in [3.8, 4) is 5.75 Å². The summed E-state index contributed by atoms with van der Waals surface area (Å²) in [6.45, 7) is -2.25. The van der Waals surface area contributed by atoms with Gasteiger partial charge in [0.2, 0.25) is 0 Å². The van der Waals surface area contributed by atoms with Crippen molar-refractivity contribution in [1.29, 1.82) is 0 Å². The van der Waals surface area contributed by atoms with Gasteiger partial charge in [-0.2, -0.15) is 20.5 Å². The summed E-state index contributed by atoms with van der Waals surface area (Å²) in [5.41, 5.74) is 0.756. The van der Waals surface area contributed by atoms with E-state index in [0.717, 1.165) is 16.5 Å². The molecule has 2 rings (SSSR count). The highest BCUT2D eigenvalue weighted by Crippen LogP contribution is 2.30. The second-order valence-corrected chi connectivity index (χ2v) is 6.82. The number of thioether (sulfide) groups is 1. The predicted octanol–water partition coefficient (Wildman–Crippen LogP) is 4.42. The summed E-state index contributed by atoms with van der Waals surface area (Å²) in [6.07, 6.45) is 5.71. The zero-order valence-corrected chi connectivity index (χ0v) is 13.6. The molecule has 0 radical (unpaired) electrons. The van der Waals surface area contributed by atoms with Crippen molar-refractivity contribution in [2.45, 2.75) is 43.7 Å². The fraction of sp³-hybridized carbons (Fsp3) is 0.571.